The fraction of sp³-hybridized carbons (Fsp3) is 0.333. The molecule has 0 aromatic rings. The predicted octanol–water partition coefficient (Wildman–Crippen LogP) is -1.18. The third-order valence-electron chi connectivity index (χ3n) is 1.57. The van der Waals surface area contributed by atoms with Crippen molar-refractivity contribution in [3.05, 3.63) is 0 Å². The van der Waals surface area contributed by atoms with Gasteiger partial charge in [-0.15, -0.1) is 0 Å². The summed E-state index contributed by atoms with van der Waals surface area (Å²) in [6.07, 6.45) is 0. The monoisotopic (exact) mass is 185 g/mol. The lowest BCUT2D eigenvalue weighted by molar-refractivity contribution is -0.132. The van der Waals surface area contributed by atoms with Gasteiger partial charge in [-0.05, 0) is 6.92 Å². The number of rotatable bonds is 1. The number of urea groups is 1. The van der Waals surface area contributed by atoms with Crippen molar-refractivity contribution < 1.29 is 19.6 Å². The SMILES string of the molecule is C/C(=N\O)C1C(=O)NC(=O)NC1=O. The van der Waals surface area contributed by atoms with Gasteiger partial charge in [-0.3, -0.25) is 20.2 Å². The average Bonchev–Trinajstić information content (AvgIpc) is 2.02. The van der Waals surface area contributed by atoms with Gasteiger partial charge in [0.05, 0.1) is 5.71 Å². The van der Waals surface area contributed by atoms with E-state index in [1.54, 1.807) is 0 Å². The van der Waals surface area contributed by atoms with E-state index in [0.29, 0.717) is 0 Å². The highest BCUT2D eigenvalue weighted by atomic mass is 16.4. The van der Waals surface area contributed by atoms with Crippen LogP contribution in [-0.2, 0) is 9.59 Å². The zero-order valence-corrected chi connectivity index (χ0v) is 6.70. The average molecular weight is 185 g/mol. The molecule has 0 aromatic carbocycles. The van der Waals surface area contributed by atoms with Gasteiger partial charge in [-0.1, -0.05) is 5.16 Å². The molecule has 0 bridgehead atoms. The standard InChI is InChI=1S/C6H7N3O4/c1-2(9-13)3-4(10)7-6(12)8-5(3)11/h3,13H,1H3,(H2,7,8,10,11,12)/b9-2+. The molecule has 1 rings (SSSR count). The minimum Gasteiger partial charge on any atom is -0.411 e. The second-order valence-corrected chi connectivity index (χ2v) is 2.48. The van der Waals surface area contributed by atoms with Crippen LogP contribution in [0.2, 0.25) is 0 Å². The number of amides is 4. The van der Waals surface area contributed by atoms with Gasteiger partial charge < -0.3 is 5.21 Å². The van der Waals surface area contributed by atoms with E-state index in [1.807, 2.05) is 10.6 Å². The predicted molar refractivity (Wildman–Crippen MR) is 40.1 cm³/mol. The first-order chi connectivity index (χ1) is 6.06. The summed E-state index contributed by atoms with van der Waals surface area (Å²) in [5.41, 5.74) is -0.0671. The van der Waals surface area contributed by atoms with E-state index < -0.39 is 23.8 Å². The number of carbonyl (C=O) groups is 3. The number of barbiturate groups is 1. The lowest BCUT2D eigenvalue weighted by Gasteiger charge is -2.19. The van der Waals surface area contributed by atoms with Gasteiger partial charge in [0.2, 0.25) is 11.8 Å². The molecule has 13 heavy (non-hydrogen) atoms. The maximum Gasteiger partial charge on any atom is 0.328 e. The molecule has 1 aliphatic heterocycles. The topological polar surface area (TPSA) is 108 Å². The van der Waals surface area contributed by atoms with Gasteiger partial charge in [-0.2, -0.15) is 0 Å². The van der Waals surface area contributed by atoms with Crippen LogP contribution in [0.3, 0.4) is 0 Å². The molecule has 1 saturated heterocycles. The molecule has 0 spiro atoms. The van der Waals surface area contributed by atoms with Crippen LogP contribution in [0.25, 0.3) is 0 Å². The van der Waals surface area contributed by atoms with Crippen molar-refractivity contribution in [3.63, 3.8) is 0 Å². The molecular formula is C6H7N3O4. The number of hydrogen-bond donors (Lipinski definition) is 3. The zero-order valence-electron chi connectivity index (χ0n) is 6.70. The second kappa shape index (κ2) is 3.21. The molecular weight excluding hydrogens is 178 g/mol. The lowest BCUT2D eigenvalue weighted by atomic mass is 10.0. The van der Waals surface area contributed by atoms with Crippen molar-refractivity contribution >= 4 is 23.6 Å². The van der Waals surface area contributed by atoms with Gasteiger partial charge >= 0.3 is 6.03 Å². The Balaban J connectivity index is 2.91. The Kier molecular flexibility index (Phi) is 2.27. The maximum atomic E-state index is 11.0. The Morgan fingerprint density at radius 1 is 1.31 bits per heavy atom. The van der Waals surface area contributed by atoms with Gasteiger partial charge in [-0.25, -0.2) is 4.79 Å². The summed E-state index contributed by atoms with van der Waals surface area (Å²) in [6, 6.07) is -0.864. The molecule has 0 atom stereocenters. The second-order valence-electron chi connectivity index (χ2n) is 2.48. The summed E-state index contributed by atoms with van der Waals surface area (Å²) >= 11 is 0. The number of nitrogens with zero attached hydrogens (tertiary/aromatic N) is 1. The van der Waals surface area contributed by atoms with Crippen molar-refractivity contribution in [2.75, 3.05) is 0 Å². The van der Waals surface area contributed by atoms with Crippen molar-refractivity contribution in [2.45, 2.75) is 6.92 Å². The summed E-state index contributed by atoms with van der Waals surface area (Å²) in [6.45, 7) is 1.31. The molecule has 0 aromatic heterocycles. The maximum absolute atomic E-state index is 11.0. The van der Waals surface area contributed by atoms with Crippen LogP contribution in [0.15, 0.2) is 5.16 Å². The number of carbonyl (C=O) groups excluding carboxylic acids is 3. The molecule has 0 unspecified atom stereocenters. The van der Waals surface area contributed by atoms with Crippen molar-refractivity contribution in [2.24, 2.45) is 11.1 Å². The molecule has 0 radical (unpaired) electrons. The van der Waals surface area contributed by atoms with E-state index in [9.17, 15) is 14.4 Å². The van der Waals surface area contributed by atoms with Crippen LogP contribution in [0, 0.1) is 5.92 Å². The van der Waals surface area contributed by atoms with Crippen LogP contribution < -0.4 is 10.6 Å². The van der Waals surface area contributed by atoms with Crippen molar-refractivity contribution in [1.29, 1.82) is 0 Å². The van der Waals surface area contributed by atoms with Gasteiger partial charge in [0, 0.05) is 0 Å². The Morgan fingerprint density at radius 2 is 1.77 bits per heavy atom. The summed E-state index contributed by atoms with van der Waals surface area (Å²) in [4.78, 5) is 32.6. The molecule has 1 fully saturated rings. The highest BCUT2D eigenvalue weighted by molar-refractivity contribution is 6.27. The first kappa shape index (κ1) is 9.17. The van der Waals surface area contributed by atoms with E-state index in [1.165, 1.54) is 6.92 Å². The smallest absolute Gasteiger partial charge is 0.328 e. The van der Waals surface area contributed by atoms with E-state index in [0.717, 1.165) is 0 Å². The number of hydrogen-bond acceptors (Lipinski definition) is 5. The molecule has 1 heterocycles. The summed E-state index contributed by atoms with van der Waals surface area (Å²) in [5.74, 6) is -2.81. The molecule has 7 nitrogen and oxygen atoms in total. The van der Waals surface area contributed by atoms with Crippen molar-refractivity contribution in [1.82, 2.24) is 10.6 Å². The molecule has 3 N–H and O–H groups in total. The normalized spacial score (nSPS) is 19.8. The van der Waals surface area contributed by atoms with Gasteiger partial charge in [0.25, 0.3) is 0 Å². The highest BCUT2D eigenvalue weighted by Crippen LogP contribution is 2.04. The third kappa shape index (κ3) is 1.63. The van der Waals surface area contributed by atoms with Gasteiger partial charge in [0.1, 0.15) is 0 Å². The molecule has 4 amide bonds. The van der Waals surface area contributed by atoms with E-state index in [2.05, 4.69) is 5.16 Å². The minimum absolute atomic E-state index is 0.0671. The Labute approximate surface area is 72.8 Å². The summed E-state index contributed by atoms with van der Waals surface area (Å²) < 4.78 is 0. The van der Waals surface area contributed by atoms with E-state index in [-0.39, 0.29) is 5.71 Å². The van der Waals surface area contributed by atoms with E-state index in [4.69, 9.17) is 5.21 Å². The number of nitrogens with one attached hydrogen (secondary N) is 2. The molecule has 0 aliphatic carbocycles. The zero-order chi connectivity index (χ0) is 10.0. The summed E-state index contributed by atoms with van der Waals surface area (Å²) in [7, 11) is 0. The number of oxime groups is 1. The lowest BCUT2D eigenvalue weighted by Crippen LogP contribution is -2.57. The van der Waals surface area contributed by atoms with Crippen LogP contribution in [0.5, 0.6) is 0 Å². The summed E-state index contributed by atoms with van der Waals surface area (Å²) in [5, 5.41) is 14.8. The Hall–Kier alpha value is -1.92. The molecule has 1 aliphatic rings. The first-order valence-electron chi connectivity index (χ1n) is 3.40. The largest absolute Gasteiger partial charge is 0.411 e. The van der Waals surface area contributed by atoms with Gasteiger partial charge in [0.15, 0.2) is 5.92 Å². The van der Waals surface area contributed by atoms with E-state index >= 15 is 0 Å². The third-order valence-corrected chi connectivity index (χ3v) is 1.57. The Morgan fingerprint density at radius 3 is 2.15 bits per heavy atom. The van der Waals surface area contributed by atoms with Crippen LogP contribution >= 0.6 is 0 Å². The quantitative estimate of drug-likeness (QED) is 0.207. The molecule has 70 valence electrons. The fourth-order valence-electron chi connectivity index (χ4n) is 0.956. The van der Waals surface area contributed by atoms with Crippen LogP contribution in [-0.4, -0.2) is 28.8 Å². The van der Waals surface area contributed by atoms with Crippen LogP contribution in [0.4, 0.5) is 4.79 Å². The molecule has 7 heteroatoms. The van der Waals surface area contributed by atoms with Crippen LogP contribution in [0.1, 0.15) is 6.92 Å². The van der Waals surface area contributed by atoms with Crippen molar-refractivity contribution in [3.8, 4) is 0 Å². The Bertz CT molecular complexity index is 289. The first-order valence-corrected chi connectivity index (χ1v) is 3.40. The molecule has 0 saturated carbocycles. The highest BCUT2D eigenvalue weighted by Gasteiger charge is 2.36. The number of imide groups is 2. The fourth-order valence-corrected chi connectivity index (χ4v) is 0.956. The minimum atomic E-state index is -1.23.